The van der Waals surface area contributed by atoms with Crippen LogP contribution in [0.15, 0.2) is 24.3 Å². The molecule has 72 valence electrons. The number of carbonyl (C=O) groups is 1. The molecule has 0 aliphatic carbocycles. The number of carboxylic acids is 1. The molecule has 0 bridgehead atoms. The topological polar surface area (TPSA) is 53.1 Å². The van der Waals surface area contributed by atoms with E-state index < -0.39 is 5.97 Å². The van der Waals surface area contributed by atoms with Gasteiger partial charge in [0.05, 0.1) is 6.42 Å². The first-order valence-electron chi connectivity index (χ1n) is 4.46. The third kappa shape index (κ3) is 1.48. The lowest BCUT2D eigenvalue weighted by Crippen LogP contribution is -2.00. The summed E-state index contributed by atoms with van der Waals surface area (Å²) in [5, 5.41) is 9.79. The summed E-state index contributed by atoms with van der Waals surface area (Å²) >= 11 is 0. The standard InChI is InChI=1S/C11H11NO2/c1-7-5-8-3-2-4-9(6-10(13)14)11(8)12-7/h2-5,12H,6H2,1H3,(H,13,14). The van der Waals surface area contributed by atoms with Crippen LogP contribution in [0.3, 0.4) is 0 Å². The van der Waals surface area contributed by atoms with Crippen molar-refractivity contribution in [2.45, 2.75) is 13.3 Å². The molecule has 0 fully saturated rings. The second kappa shape index (κ2) is 3.18. The number of aryl methyl sites for hydroxylation is 1. The molecule has 0 amide bonds. The predicted octanol–water partition coefficient (Wildman–Crippen LogP) is 2.10. The number of benzene rings is 1. The third-order valence-electron chi connectivity index (χ3n) is 2.22. The van der Waals surface area contributed by atoms with Gasteiger partial charge in [-0.3, -0.25) is 4.79 Å². The van der Waals surface area contributed by atoms with Crippen molar-refractivity contribution in [1.82, 2.24) is 4.98 Å². The molecule has 0 atom stereocenters. The zero-order chi connectivity index (χ0) is 10.1. The molecular weight excluding hydrogens is 178 g/mol. The van der Waals surface area contributed by atoms with Gasteiger partial charge in [0.1, 0.15) is 0 Å². The van der Waals surface area contributed by atoms with E-state index in [1.807, 2.05) is 31.2 Å². The maximum atomic E-state index is 10.6. The molecule has 3 heteroatoms. The van der Waals surface area contributed by atoms with Gasteiger partial charge in [-0.1, -0.05) is 18.2 Å². The van der Waals surface area contributed by atoms with Crippen LogP contribution < -0.4 is 0 Å². The number of rotatable bonds is 2. The summed E-state index contributed by atoms with van der Waals surface area (Å²) in [5.74, 6) is -0.801. The van der Waals surface area contributed by atoms with Crippen LogP contribution in [0.25, 0.3) is 10.9 Å². The van der Waals surface area contributed by atoms with Gasteiger partial charge >= 0.3 is 5.97 Å². The number of para-hydroxylation sites is 1. The molecule has 0 saturated heterocycles. The monoisotopic (exact) mass is 189 g/mol. The first-order chi connectivity index (χ1) is 6.66. The van der Waals surface area contributed by atoms with E-state index in [1.165, 1.54) is 0 Å². The Morgan fingerprint density at radius 3 is 3.00 bits per heavy atom. The highest BCUT2D eigenvalue weighted by molar-refractivity contribution is 5.86. The summed E-state index contributed by atoms with van der Waals surface area (Å²) in [7, 11) is 0. The van der Waals surface area contributed by atoms with E-state index in [1.54, 1.807) is 0 Å². The molecule has 3 nitrogen and oxygen atoms in total. The molecule has 1 heterocycles. The average molecular weight is 189 g/mol. The van der Waals surface area contributed by atoms with Crippen LogP contribution in [0.4, 0.5) is 0 Å². The molecule has 0 unspecified atom stereocenters. The van der Waals surface area contributed by atoms with E-state index in [-0.39, 0.29) is 6.42 Å². The third-order valence-corrected chi connectivity index (χ3v) is 2.22. The van der Waals surface area contributed by atoms with Gasteiger partial charge in [0.2, 0.25) is 0 Å². The fourth-order valence-electron chi connectivity index (χ4n) is 1.67. The largest absolute Gasteiger partial charge is 0.481 e. The molecule has 2 rings (SSSR count). The van der Waals surface area contributed by atoms with Crippen molar-refractivity contribution in [3.8, 4) is 0 Å². The molecule has 0 saturated carbocycles. The molecule has 0 aliphatic heterocycles. The summed E-state index contributed by atoms with van der Waals surface area (Å²) in [6.45, 7) is 1.96. The zero-order valence-corrected chi connectivity index (χ0v) is 7.87. The van der Waals surface area contributed by atoms with E-state index in [4.69, 9.17) is 5.11 Å². The van der Waals surface area contributed by atoms with Gasteiger partial charge in [0.25, 0.3) is 0 Å². The molecular formula is C11H11NO2. The number of aromatic nitrogens is 1. The van der Waals surface area contributed by atoms with Crippen LogP contribution in [0.5, 0.6) is 0 Å². The zero-order valence-electron chi connectivity index (χ0n) is 7.87. The van der Waals surface area contributed by atoms with Crippen molar-refractivity contribution >= 4 is 16.9 Å². The molecule has 0 spiro atoms. The fraction of sp³-hybridized carbons (Fsp3) is 0.182. The Labute approximate surface area is 81.4 Å². The molecule has 0 radical (unpaired) electrons. The Kier molecular flexibility index (Phi) is 2.00. The maximum absolute atomic E-state index is 10.6. The van der Waals surface area contributed by atoms with Crippen LogP contribution in [-0.2, 0) is 11.2 Å². The number of fused-ring (bicyclic) bond motifs is 1. The minimum Gasteiger partial charge on any atom is -0.481 e. The maximum Gasteiger partial charge on any atom is 0.307 e. The van der Waals surface area contributed by atoms with Crippen LogP contribution in [0.2, 0.25) is 0 Å². The Morgan fingerprint density at radius 2 is 2.29 bits per heavy atom. The quantitative estimate of drug-likeness (QED) is 0.760. The molecule has 1 aromatic heterocycles. The normalized spacial score (nSPS) is 10.6. The summed E-state index contributed by atoms with van der Waals surface area (Å²) < 4.78 is 0. The Bertz CT molecular complexity index is 485. The molecule has 1 aromatic carbocycles. The van der Waals surface area contributed by atoms with Crippen molar-refractivity contribution in [3.63, 3.8) is 0 Å². The lowest BCUT2D eigenvalue weighted by Gasteiger charge is -1.98. The number of nitrogens with one attached hydrogen (secondary N) is 1. The summed E-state index contributed by atoms with van der Waals surface area (Å²) in [4.78, 5) is 13.8. The van der Waals surface area contributed by atoms with Gasteiger partial charge in [-0.15, -0.1) is 0 Å². The lowest BCUT2D eigenvalue weighted by molar-refractivity contribution is -0.136. The van der Waals surface area contributed by atoms with Crippen LogP contribution in [0.1, 0.15) is 11.3 Å². The summed E-state index contributed by atoms with van der Waals surface area (Å²) in [5.41, 5.74) is 2.83. The Morgan fingerprint density at radius 1 is 1.50 bits per heavy atom. The highest BCUT2D eigenvalue weighted by Crippen LogP contribution is 2.19. The first kappa shape index (κ1) is 8.81. The molecule has 14 heavy (non-hydrogen) atoms. The number of aliphatic carboxylic acids is 1. The molecule has 2 N–H and O–H groups in total. The van der Waals surface area contributed by atoms with Crippen molar-refractivity contribution in [3.05, 3.63) is 35.5 Å². The van der Waals surface area contributed by atoms with Crippen LogP contribution >= 0.6 is 0 Å². The van der Waals surface area contributed by atoms with Gasteiger partial charge in [-0.05, 0) is 23.9 Å². The first-order valence-corrected chi connectivity index (χ1v) is 4.46. The van der Waals surface area contributed by atoms with Crippen molar-refractivity contribution < 1.29 is 9.90 Å². The average Bonchev–Trinajstić information content (AvgIpc) is 2.45. The van der Waals surface area contributed by atoms with Gasteiger partial charge in [-0.2, -0.15) is 0 Å². The van der Waals surface area contributed by atoms with E-state index in [0.29, 0.717) is 0 Å². The summed E-state index contributed by atoms with van der Waals surface area (Å²) in [6, 6.07) is 7.71. The SMILES string of the molecule is Cc1cc2cccc(CC(=O)O)c2[nH]1. The summed E-state index contributed by atoms with van der Waals surface area (Å²) in [6.07, 6.45) is 0.0668. The predicted molar refractivity (Wildman–Crippen MR) is 54.4 cm³/mol. The number of hydrogen-bond acceptors (Lipinski definition) is 1. The van der Waals surface area contributed by atoms with Gasteiger partial charge < -0.3 is 10.1 Å². The lowest BCUT2D eigenvalue weighted by atomic mass is 10.1. The Balaban J connectivity index is 2.58. The van der Waals surface area contributed by atoms with Gasteiger partial charge in [-0.25, -0.2) is 0 Å². The smallest absolute Gasteiger partial charge is 0.307 e. The van der Waals surface area contributed by atoms with Crippen molar-refractivity contribution in [1.29, 1.82) is 0 Å². The van der Waals surface area contributed by atoms with Crippen molar-refractivity contribution in [2.24, 2.45) is 0 Å². The number of carboxylic acid groups (broad SMARTS) is 1. The van der Waals surface area contributed by atoms with Crippen LogP contribution in [0, 0.1) is 6.92 Å². The second-order valence-electron chi connectivity index (χ2n) is 3.40. The van der Waals surface area contributed by atoms with E-state index in [0.717, 1.165) is 22.2 Å². The van der Waals surface area contributed by atoms with Crippen LogP contribution in [-0.4, -0.2) is 16.1 Å². The van der Waals surface area contributed by atoms with Gasteiger partial charge in [0.15, 0.2) is 0 Å². The van der Waals surface area contributed by atoms with Crippen molar-refractivity contribution in [2.75, 3.05) is 0 Å². The minimum absolute atomic E-state index is 0.0668. The fourth-order valence-corrected chi connectivity index (χ4v) is 1.67. The molecule has 0 aliphatic rings. The van der Waals surface area contributed by atoms with Gasteiger partial charge in [0, 0.05) is 11.2 Å². The van der Waals surface area contributed by atoms with E-state index >= 15 is 0 Å². The molecule has 2 aromatic rings. The number of aromatic amines is 1. The minimum atomic E-state index is -0.801. The van der Waals surface area contributed by atoms with E-state index in [9.17, 15) is 4.79 Å². The highest BCUT2D eigenvalue weighted by Gasteiger charge is 2.06. The highest BCUT2D eigenvalue weighted by atomic mass is 16.4. The van der Waals surface area contributed by atoms with E-state index in [2.05, 4.69) is 4.98 Å². The number of hydrogen-bond donors (Lipinski definition) is 2. The Hall–Kier alpha value is -1.77. The second-order valence-corrected chi connectivity index (χ2v) is 3.40. The number of H-pyrrole nitrogens is 1.